The molecule has 0 aromatic heterocycles. The maximum absolute atomic E-state index is 11.6. The highest BCUT2D eigenvalue weighted by Gasteiger charge is 2.31. The van der Waals surface area contributed by atoms with Gasteiger partial charge in [-0.05, 0) is 12.8 Å². The lowest BCUT2D eigenvalue weighted by molar-refractivity contribution is -0.133. The molecular formula is C12H22N2O3. The quantitative estimate of drug-likeness (QED) is 0.743. The SMILES string of the molecule is CN(C)C(=O)CNC(=O)CC1(O)CCCCC1. The molecular weight excluding hydrogens is 220 g/mol. The van der Waals surface area contributed by atoms with Crippen LogP contribution in [0.1, 0.15) is 38.5 Å². The average molecular weight is 242 g/mol. The van der Waals surface area contributed by atoms with E-state index in [1.807, 2.05) is 0 Å². The lowest BCUT2D eigenvalue weighted by Crippen LogP contribution is -2.41. The molecule has 1 fully saturated rings. The third-order valence-electron chi connectivity index (χ3n) is 3.21. The molecule has 0 bridgehead atoms. The summed E-state index contributed by atoms with van der Waals surface area (Å²) in [7, 11) is 3.28. The molecule has 5 nitrogen and oxygen atoms in total. The number of amides is 2. The van der Waals surface area contributed by atoms with E-state index in [0.717, 1.165) is 19.3 Å². The van der Waals surface area contributed by atoms with Gasteiger partial charge in [-0.1, -0.05) is 19.3 Å². The molecule has 0 spiro atoms. The van der Waals surface area contributed by atoms with Crippen molar-refractivity contribution in [1.29, 1.82) is 0 Å². The van der Waals surface area contributed by atoms with Crippen molar-refractivity contribution in [2.24, 2.45) is 0 Å². The van der Waals surface area contributed by atoms with Gasteiger partial charge in [-0.2, -0.15) is 0 Å². The van der Waals surface area contributed by atoms with Crippen LogP contribution in [0.3, 0.4) is 0 Å². The Hall–Kier alpha value is -1.10. The molecule has 0 aromatic carbocycles. The molecule has 0 heterocycles. The Bertz CT molecular complexity index is 283. The predicted molar refractivity (Wildman–Crippen MR) is 64.4 cm³/mol. The predicted octanol–water partition coefficient (Wildman–Crippen LogP) is 0.276. The number of hydrogen-bond donors (Lipinski definition) is 2. The first-order valence-corrected chi connectivity index (χ1v) is 6.12. The molecule has 5 heteroatoms. The summed E-state index contributed by atoms with van der Waals surface area (Å²) in [6.07, 6.45) is 4.54. The molecule has 1 rings (SSSR count). The van der Waals surface area contributed by atoms with Gasteiger partial charge in [0.2, 0.25) is 11.8 Å². The zero-order valence-corrected chi connectivity index (χ0v) is 10.7. The summed E-state index contributed by atoms with van der Waals surface area (Å²) < 4.78 is 0. The van der Waals surface area contributed by atoms with E-state index in [2.05, 4.69) is 5.32 Å². The number of nitrogens with zero attached hydrogens (tertiary/aromatic N) is 1. The molecule has 0 radical (unpaired) electrons. The Morgan fingerprint density at radius 2 is 1.82 bits per heavy atom. The highest BCUT2D eigenvalue weighted by molar-refractivity contribution is 5.84. The summed E-state index contributed by atoms with van der Waals surface area (Å²) >= 11 is 0. The molecule has 2 N–H and O–H groups in total. The van der Waals surface area contributed by atoms with Gasteiger partial charge in [-0.15, -0.1) is 0 Å². The number of aliphatic hydroxyl groups is 1. The second kappa shape index (κ2) is 6.00. The molecule has 1 saturated carbocycles. The van der Waals surface area contributed by atoms with Gasteiger partial charge >= 0.3 is 0 Å². The Labute approximate surface area is 102 Å². The summed E-state index contributed by atoms with van der Waals surface area (Å²) in [5.74, 6) is -0.390. The number of carbonyl (C=O) groups is 2. The number of hydrogen-bond acceptors (Lipinski definition) is 3. The Balaban J connectivity index is 2.31. The summed E-state index contributed by atoms with van der Waals surface area (Å²) in [5, 5.41) is 12.7. The molecule has 2 amide bonds. The van der Waals surface area contributed by atoms with Crippen molar-refractivity contribution in [2.75, 3.05) is 20.6 Å². The maximum Gasteiger partial charge on any atom is 0.241 e. The van der Waals surface area contributed by atoms with Gasteiger partial charge in [-0.25, -0.2) is 0 Å². The fourth-order valence-corrected chi connectivity index (χ4v) is 2.08. The Kier molecular flexibility index (Phi) is 4.93. The lowest BCUT2D eigenvalue weighted by atomic mass is 9.82. The molecule has 1 aliphatic rings. The van der Waals surface area contributed by atoms with Gasteiger partial charge in [0.1, 0.15) is 0 Å². The molecule has 0 saturated heterocycles. The van der Waals surface area contributed by atoms with Crippen molar-refractivity contribution < 1.29 is 14.7 Å². The highest BCUT2D eigenvalue weighted by Crippen LogP contribution is 2.30. The first-order valence-electron chi connectivity index (χ1n) is 6.12. The van der Waals surface area contributed by atoms with Crippen LogP contribution in [0.5, 0.6) is 0 Å². The second-order valence-corrected chi connectivity index (χ2v) is 5.03. The summed E-state index contributed by atoms with van der Waals surface area (Å²) in [4.78, 5) is 24.3. The zero-order valence-electron chi connectivity index (χ0n) is 10.7. The van der Waals surface area contributed by atoms with Crippen LogP contribution in [0.15, 0.2) is 0 Å². The highest BCUT2D eigenvalue weighted by atomic mass is 16.3. The van der Waals surface area contributed by atoms with E-state index in [-0.39, 0.29) is 24.8 Å². The normalized spacial score (nSPS) is 18.5. The number of nitrogens with one attached hydrogen (secondary N) is 1. The van der Waals surface area contributed by atoms with E-state index in [1.54, 1.807) is 14.1 Å². The Morgan fingerprint density at radius 3 is 2.35 bits per heavy atom. The van der Waals surface area contributed by atoms with E-state index in [4.69, 9.17) is 0 Å². The van der Waals surface area contributed by atoms with Crippen LogP contribution < -0.4 is 5.32 Å². The van der Waals surface area contributed by atoms with Crippen LogP contribution in [-0.2, 0) is 9.59 Å². The maximum atomic E-state index is 11.6. The third kappa shape index (κ3) is 4.73. The van der Waals surface area contributed by atoms with Crippen LogP contribution in [0.25, 0.3) is 0 Å². The fraction of sp³-hybridized carbons (Fsp3) is 0.833. The first-order chi connectivity index (χ1) is 7.93. The monoisotopic (exact) mass is 242 g/mol. The topological polar surface area (TPSA) is 69.6 Å². The zero-order chi connectivity index (χ0) is 12.9. The van der Waals surface area contributed by atoms with Crippen LogP contribution >= 0.6 is 0 Å². The molecule has 0 atom stereocenters. The van der Waals surface area contributed by atoms with Gasteiger partial charge in [0.05, 0.1) is 18.6 Å². The fourth-order valence-electron chi connectivity index (χ4n) is 2.08. The minimum atomic E-state index is -0.858. The van der Waals surface area contributed by atoms with Gasteiger partial charge in [-0.3, -0.25) is 9.59 Å². The third-order valence-corrected chi connectivity index (χ3v) is 3.21. The van der Waals surface area contributed by atoms with Crippen molar-refractivity contribution in [2.45, 2.75) is 44.1 Å². The molecule has 0 unspecified atom stereocenters. The van der Waals surface area contributed by atoms with Crippen LogP contribution in [0, 0.1) is 0 Å². The van der Waals surface area contributed by atoms with Crippen molar-refractivity contribution in [3.8, 4) is 0 Å². The minimum Gasteiger partial charge on any atom is -0.389 e. The average Bonchev–Trinajstić information content (AvgIpc) is 2.26. The summed E-state index contributed by atoms with van der Waals surface area (Å²) in [6.45, 7) is 0.00190. The van der Waals surface area contributed by atoms with Crippen LogP contribution in [0.2, 0.25) is 0 Å². The minimum absolute atomic E-state index is 0.00190. The number of likely N-dealkylation sites (N-methyl/N-ethyl adjacent to an activating group) is 1. The van der Waals surface area contributed by atoms with Gasteiger partial charge in [0, 0.05) is 14.1 Å². The van der Waals surface area contributed by atoms with E-state index in [1.165, 1.54) is 4.90 Å². The summed E-state index contributed by atoms with van der Waals surface area (Å²) in [6, 6.07) is 0. The molecule has 98 valence electrons. The van der Waals surface area contributed by atoms with Crippen molar-refractivity contribution in [1.82, 2.24) is 10.2 Å². The van der Waals surface area contributed by atoms with Gasteiger partial charge in [0.15, 0.2) is 0 Å². The van der Waals surface area contributed by atoms with Gasteiger partial charge in [0.25, 0.3) is 0 Å². The van der Waals surface area contributed by atoms with Crippen molar-refractivity contribution >= 4 is 11.8 Å². The lowest BCUT2D eigenvalue weighted by Gasteiger charge is -2.31. The van der Waals surface area contributed by atoms with E-state index < -0.39 is 5.60 Å². The van der Waals surface area contributed by atoms with E-state index >= 15 is 0 Å². The van der Waals surface area contributed by atoms with Gasteiger partial charge < -0.3 is 15.3 Å². The van der Waals surface area contributed by atoms with Crippen LogP contribution in [-0.4, -0.2) is 48.1 Å². The Morgan fingerprint density at radius 1 is 1.24 bits per heavy atom. The van der Waals surface area contributed by atoms with Crippen molar-refractivity contribution in [3.63, 3.8) is 0 Å². The smallest absolute Gasteiger partial charge is 0.241 e. The largest absolute Gasteiger partial charge is 0.389 e. The number of rotatable bonds is 4. The standard InChI is InChI=1S/C12H22N2O3/c1-14(2)11(16)9-13-10(15)8-12(17)6-4-3-5-7-12/h17H,3-9H2,1-2H3,(H,13,15). The molecule has 1 aliphatic carbocycles. The van der Waals surface area contributed by atoms with Crippen molar-refractivity contribution in [3.05, 3.63) is 0 Å². The number of carbonyl (C=O) groups excluding carboxylic acids is 2. The first kappa shape index (κ1) is 14.0. The second-order valence-electron chi connectivity index (χ2n) is 5.03. The molecule has 17 heavy (non-hydrogen) atoms. The van der Waals surface area contributed by atoms with E-state index in [0.29, 0.717) is 12.8 Å². The van der Waals surface area contributed by atoms with Crippen LogP contribution in [0.4, 0.5) is 0 Å². The molecule has 0 aromatic rings. The summed E-state index contributed by atoms with van der Waals surface area (Å²) in [5.41, 5.74) is -0.858. The molecule has 0 aliphatic heterocycles. The van der Waals surface area contributed by atoms with E-state index in [9.17, 15) is 14.7 Å².